The van der Waals surface area contributed by atoms with E-state index in [1.165, 1.54) is 6.07 Å². The van der Waals surface area contributed by atoms with Crippen LogP contribution in [0.5, 0.6) is 0 Å². The first-order valence-electron chi connectivity index (χ1n) is 7.09. The molecule has 0 aliphatic heterocycles. The highest BCUT2D eigenvalue weighted by Gasteiger charge is 2.16. The van der Waals surface area contributed by atoms with E-state index in [2.05, 4.69) is 17.0 Å². The molecule has 0 bridgehead atoms. The quantitative estimate of drug-likeness (QED) is 0.604. The van der Waals surface area contributed by atoms with Crippen LogP contribution in [0.3, 0.4) is 0 Å². The van der Waals surface area contributed by atoms with Gasteiger partial charge in [0.1, 0.15) is 0 Å². The number of ether oxygens (including phenoxy) is 1. The molecule has 0 saturated heterocycles. The molecule has 1 atom stereocenters. The van der Waals surface area contributed by atoms with Gasteiger partial charge >= 0.3 is 0 Å². The molecule has 0 fully saturated rings. The molecule has 1 unspecified atom stereocenters. The maximum Gasteiger partial charge on any atom is 0.240 e. The second-order valence-electron chi connectivity index (χ2n) is 4.84. The van der Waals surface area contributed by atoms with E-state index in [-0.39, 0.29) is 10.9 Å². The SMILES string of the molecule is CCCC(COC)Nc1cc(S(=O)(=O)NCC)ccc1N. The van der Waals surface area contributed by atoms with Crippen LogP contribution in [0.2, 0.25) is 0 Å². The standard InChI is InChI=1S/C14H25N3O3S/c1-4-6-11(10-20-3)17-14-9-12(7-8-13(14)15)21(18,19)16-5-2/h7-9,11,16-17H,4-6,10,15H2,1-3H3. The Morgan fingerprint density at radius 2 is 2.05 bits per heavy atom. The van der Waals surface area contributed by atoms with Gasteiger partial charge in [-0.25, -0.2) is 13.1 Å². The second-order valence-corrected chi connectivity index (χ2v) is 6.60. The largest absolute Gasteiger partial charge is 0.397 e. The van der Waals surface area contributed by atoms with E-state index in [4.69, 9.17) is 10.5 Å². The van der Waals surface area contributed by atoms with Gasteiger partial charge in [-0.15, -0.1) is 0 Å². The Balaban J connectivity index is 3.01. The minimum Gasteiger partial charge on any atom is -0.397 e. The summed E-state index contributed by atoms with van der Waals surface area (Å²) < 4.78 is 31.7. The molecule has 4 N–H and O–H groups in total. The van der Waals surface area contributed by atoms with Crippen LogP contribution in [-0.4, -0.2) is 34.7 Å². The van der Waals surface area contributed by atoms with Crippen molar-refractivity contribution < 1.29 is 13.2 Å². The number of methoxy groups -OCH3 is 1. The summed E-state index contributed by atoms with van der Waals surface area (Å²) in [5.74, 6) is 0. The van der Waals surface area contributed by atoms with Crippen molar-refractivity contribution >= 4 is 21.4 Å². The molecule has 0 aliphatic rings. The van der Waals surface area contributed by atoms with Gasteiger partial charge in [0, 0.05) is 19.7 Å². The first kappa shape index (κ1) is 17.7. The molecule has 120 valence electrons. The molecule has 21 heavy (non-hydrogen) atoms. The summed E-state index contributed by atoms with van der Waals surface area (Å²) in [6, 6.07) is 4.76. The molecule has 6 nitrogen and oxygen atoms in total. The lowest BCUT2D eigenvalue weighted by molar-refractivity contribution is 0.182. The van der Waals surface area contributed by atoms with Crippen molar-refractivity contribution in [3.8, 4) is 0 Å². The number of sulfonamides is 1. The Hall–Kier alpha value is -1.31. The minimum atomic E-state index is -3.49. The molecule has 0 saturated carbocycles. The number of anilines is 2. The molecule has 1 rings (SSSR count). The van der Waals surface area contributed by atoms with Crippen LogP contribution in [-0.2, 0) is 14.8 Å². The van der Waals surface area contributed by atoms with E-state index in [9.17, 15) is 8.42 Å². The Labute approximate surface area is 127 Å². The van der Waals surface area contributed by atoms with Gasteiger partial charge < -0.3 is 15.8 Å². The number of nitrogens with one attached hydrogen (secondary N) is 2. The van der Waals surface area contributed by atoms with Gasteiger partial charge in [0.05, 0.1) is 22.9 Å². The second kappa shape index (κ2) is 8.21. The van der Waals surface area contributed by atoms with Crippen LogP contribution < -0.4 is 15.8 Å². The third kappa shape index (κ3) is 5.18. The molecule has 0 aromatic heterocycles. The maximum atomic E-state index is 12.0. The fourth-order valence-corrected chi connectivity index (χ4v) is 3.13. The van der Waals surface area contributed by atoms with Gasteiger partial charge in [0.25, 0.3) is 0 Å². The summed E-state index contributed by atoms with van der Waals surface area (Å²) in [6.45, 7) is 4.71. The monoisotopic (exact) mass is 315 g/mol. The lowest BCUT2D eigenvalue weighted by Gasteiger charge is -2.20. The Morgan fingerprint density at radius 3 is 2.62 bits per heavy atom. The van der Waals surface area contributed by atoms with E-state index in [0.29, 0.717) is 24.5 Å². The predicted molar refractivity (Wildman–Crippen MR) is 85.9 cm³/mol. The van der Waals surface area contributed by atoms with Gasteiger partial charge in [0.15, 0.2) is 0 Å². The highest BCUT2D eigenvalue weighted by molar-refractivity contribution is 7.89. The van der Waals surface area contributed by atoms with Gasteiger partial charge in [-0.1, -0.05) is 20.3 Å². The maximum absolute atomic E-state index is 12.0. The van der Waals surface area contributed by atoms with Crippen LogP contribution >= 0.6 is 0 Å². The molecule has 0 amide bonds. The molecule has 0 heterocycles. The third-order valence-electron chi connectivity index (χ3n) is 3.03. The number of nitrogen functional groups attached to an aromatic ring is 1. The minimum absolute atomic E-state index is 0.0967. The summed E-state index contributed by atoms with van der Waals surface area (Å²) in [5, 5.41) is 3.26. The predicted octanol–water partition coefficient (Wildman–Crippen LogP) is 1.79. The zero-order valence-electron chi connectivity index (χ0n) is 12.8. The van der Waals surface area contributed by atoms with Crippen molar-refractivity contribution in [3.05, 3.63) is 18.2 Å². The van der Waals surface area contributed by atoms with Crippen molar-refractivity contribution in [1.29, 1.82) is 0 Å². The van der Waals surface area contributed by atoms with Crippen molar-refractivity contribution in [2.24, 2.45) is 0 Å². The Morgan fingerprint density at radius 1 is 1.33 bits per heavy atom. The molecule has 7 heteroatoms. The third-order valence-corrected chi connectivity index (χ3v) is 4.58. The van der Waals surface area contributed by atoms with E-state index in [1.54, 1.807) is 26.2 Å². The normalized spacial score (nSPS) is 13.1. The molecular formula is C14H25N3O3S. The topological polar surface area (TPSA) is 93.4 Å². The number of rotatable bonds is 9. The van der Waals surface area contributed by atoms with Crippen LogP contribution in [0.1, 0.15) is 26.7 Å². The molecule has 0 aliphatic carbocycles. The average molecular weight is 315 g/mol. The zero-order valence-corrected chi connectivity index (χ0v) is 13.7. The van der Waals surface area contributed by atoms with Crippen LogP contribution in [0.4, 0.5) is 11.4 Å². The number of benzene rings is 1. The molecule has 0 spiro atoms. The Bertz CT molecular complexity index is 540. The summed E-state index contributed by atoms with van der Waals surface area (Å²) in [7, 11) is -1.85. The highest BCUT2D eigenvalue weighted by atomic mass is 32.2. The first-order valence-corrected chi connectivity index (χ1v) is 8.57. The van der Waals surface area contributed by atoms with Crippen molar-refractivity contribution in [2.75, 3.05) is 31.3 Å². The van der Waals surface area contributed by atoms with Crippen molar-refractivity contribution in [2.45, 2.75) is 37.6 Å². The molecular weight excluding hydrogens is 290 g/mol. The van der Waals surface area contributed by atoms with Gasteiger partial charge in [0.2, 0.25) is 10.0 Å². The van der Waals surface area contributed by atoms with E-state index in [0.717, 1.165) is 12.8 Å². The number of hydrogen-bond donors (Lipinski definition) is 3. The first-order chi connectivity index (χ1) is 9.94. The lowest BCUT2D eigenvalue weighted by Crippen LogP contribution is -2.26. The van der Waals surface area contributed by atoms with E-state index in [1.807, 2.05) is 0 Å². The summed E-state index contributed by atoms with van der Waals surface area (Å²) in [6.07, 6.45) is 1.91. The summed E-state index contributed by atoms with van der Waals surface area (Å²) in [4.78, 5) is 0.203. The van der Waals surface area contributed by atoms with Crippen molar-refractivity contribution in [3.63, 3.8) is 0 Å². The summed E-state index contributed by atoms with van der Waals surface area (Å²) in [5.41, 5.74) is 7.06. The summed E-state index contributed by atoms with van der Waals surface area (Å²) >= 11 is 0. The van der Waals surface area contributed by atoms with E-state index >= 15 is 0 Å². The highest BCUT2D eigenvalue weighted by Crippen LogP contribution is 2.24. The Kier molecular flexibility index (Phi) is 6.94. The smallest absolute Gasteiger partial charge is 0.240 e. The lowest BCUT2D eigenvalue weighted by atomic mass is 10.1. The van der Waals surface area contributed by atoms with Gasteiger partial charge in [-0.3, -0.25) is 0 Å². The van der Waals surface area contributed by atoms with E-state index < -0.39 is 10.0 Å². The van der Waals surface area contributed by atoms with Gasteiger partial charge in [-0.2, -0.15) is 0 Å². The van der Waals surface area contributed by atoms with Crippen LogP contribution in [0.15, 0.2) is 23.1 Å². The average Bonchev–Trinajstić information content (AvgIpc) is 2.41. The molecule has 1 aromatic carbocycles. The van der Waals surface area contributed by atoms with Crippen LogP contribution in [0.25, 0.3) is 0 Å². The molecule has 1 aromatic rings. The van der Waals surface area contributed by atoms with Crippen LogP contribution in [0, 0.1) is 0 Å². The zero-order chi connectivity index (χ0) is 15.9. The fourth-order valence-electron chi connectivity index (χ4n) is 2.07. The van der Waals surface area contributed by atoms with Crippen molar-refractivity contribution in [1.82, 2.24) is 4.72 Å². The number of nitrogens with two attached hydrogens (primary N) is 1. The number of hydrogen-bond acceptors (Lipinski definition) is 5. The van der Waals surface area contributed by atoms with Gasteiger partial charge in [-0.05, 0) is 24.6 Å². The fraction of sp³-hybridized carbons (Fsp3) is 0.571. The molecule has 0 radical (unpaired) electrons.